The molecular weight excluding hydrogens is 244 g/mol. The lowest BCUT2D eigenvalue weighted by Crippen LogP contribution is -2.42. The molecule has 0 bridgehead atoms. The van der Waals surface area contributed by atoms with Crippen LogP contribution in [0.25, 0.3) is 0 Å². The highest BCUT2D eigenvalue weighted by Crippen LogP contribution is 2.39. The minimum Gasteiger partial charge on any atom is -0.483 e. The van der Waals surface area contributed by atoms with Crippen LogP contribution in [-0.4, -0.2) is 36.1 Å². The molecule has 2 aliphatic rings. The van der Waals surface area contributed by atoms with Gasteiger partial charge in [-0.05, 0) is 44.0 Å². The van der Waals surface area contributed by atoms with E-state index in [1.807, 2.05) is 13.0 Å². The molecular formula is C14H18N2O3. The van der Waals surface area contributed by atoms with Gasteiger partial charge in [-0.15, -0.1) is 0 Å². The molecule has 1 aromatic rings. The maximum absolute atomic E-state index is 11.1. The highest BCUT2D eigenvalue weighted by Gasteiger charge is 2.31. The molecule has 1 aliphatic carbocycles. The molecule has 0 spiro atoms. The van der Waals surface area contributed by atoms with E-state index in [1.165, 1.54) is 5.56 Å². The zero-order valence-corrected chi connectivity index (χ0v) is 11.3. The van der Waals surface area contributed by atoms with Gasteiger partial charge in [0.15, 0.2) is 5.75 Å². The SMILES string of the molecule is Cc1cc([N+](=O)[O-])c(OC2CC2)cc1C1CN(C)C1. The van der Waals surface area contributed by atoms with E-state index in [1.54, 1.807) is 6.07 Å². The standard InChI is InChI=1S/C14H18N2O3/c1-9-5-13(16(17)18)14(19-11-3-4-11)6-12(9)10-7-15(2)8-10/h5-6,10-11H,3-4,7-8H2,1-2H3. The summed E-state index contributed by atoms with van der Waals surface area (Å²) in [5, 5.41) is 11.1. The molecule has 5 nitrogen and oxygen atoms in total. The maximum Gasteiger partial charge on any atom is 0.311 e. The predicted octanol–water partition coefficient (Wildman–Crippen LogP) is 2.47. The molecule has 1 saturated carbocycles. The fourth-order valence-electron chi connectivity index (χ4n) is 2.63. The van der Waals surface area contributed by atoms with E-state index >= 15 is 0 Å². The van der Waals surface area contributed by atoms with Gasteiger partial charge in [0.05, 0.1) is 11.0 Å². The highest BCUT2D eigenvalue weighted by molar-refractivity contribution is 5.53. The molecule has 0 N–H and O–H groups in total. The third-order valence-corrected chi connectivity index (χ3v) is 3.87. The second-order valence-corrected chi connectivity index (χ2v) is 5.67. The van der Waals surface area contributed by atoms with Crippen molar-refractivity contribution in [3.05, 3.63) is 33.4 Å². The lowest BCUT2D eigenvalue weighted by Gasteiger charge is -2.37. The van der Waals surface area contributed by atoms with Gasteiger partial charge in [-0.25, -0.2) is 0 Å². The minimum absolute atomic E-state index is 0.0980. The molecule has 1 aliphatic heterocycles. The summed E-state index contributed by atoms with van der Waals surface area (Å²) in [7, 11) is 2.08. The first-order chi connectivity index (χ1) is 9.04. The third kappa shape index (κ3) is 2.42. The lowest BCUT2D eigenvalue weighted by atomic mass is 9.88. The Hall–Kier alpha value is -1.62. The number of hydrogen-bond donors (Lipinski definition) is 0. The van der Waals surface area contributed by atoms with Gasteiger partial charge in [-0.1, -0.05) is 0 Å². The predicted molar refractivity (Wildman–Crippen MR) is 71.7 cm³/mol. The summed E-state index contributed by atoms with van der Waals surface area (Å²) >= 11 is 0. The second-order valence-electron chi connectivity index (χ2n) is 5.67. The Morgan fingerprint density at radius 1 is 1.37 bits per heavy atom. The Bertz CT molecular complexity index is 520. The third-order valence-electron chi connectivity index (χ3n) is 3.87. The van der Waals surface area contributed by atoms with Crippen molar-refractivity contribution in [3.63, 3.8) is 0 Å². The summed E-state index contributed by atoms with van der Waals surface area (Å²) in [6, 6.07) is 3.55. The Labute approximate surface area is 112 Å². The van der Waals surface area contributed by atoms with Crippen molar-refractivity contribution in [1.29, 1.82) is 0 Å². The molecule has 102 valence electrons. The fourth-order valence-corrected chi connectivity index (χ4v) is 2.63. The van der Waals surface area contributed by atoms with Gasteiger partial charge in [-0.3, -0.25) is 10.1 Å². The normalized spacial score (nSPS) is 20.1. The fraction of sp³-hybridized carbons (Fsp3) is 0.571. The quantitative estimate of drug-likeness (QED) is 0.618. The topological polar surface area (TPSA) is 55.6 Å². The van der Waals surface area contributed by atoms with Gasteiger partial charge < -0.3 is 9.64 Å². The number of nitro groups is 1. The zero-order valence-electron chi connectivity index (χ0n) is 11.3. The summed E-state index contributed by atoms with van der Waals surface area (Å²) in [6.45, 7) is 3.98. The van der Waals surface area contributed by atoms with Crippen LogP contribution >= 0.6 is 0 Å². The average molecular weight is 262 g/mol. The molecule has 3 rings (SSSR count). The number of hydrogen-bond acceptors (Lipinski definition) is 4. The van der Waals surface area contributed by atoms with Gasteiger partial charge in [0.1, 0.15) is 0 Å². The number of likely N-dealkylation sites (N-methyl/N-ethyl adjacent to an activating group) is 1. The number of rotatable bonds is 4. The molecule has 5 heteroatoms. The van der Waals surface area contributed by atoms with E-state index < -0.39 is 0 Å². The first-order valence-corrected chi connectivity index (χ1v) is 6.68. The molecule has 1 saturated heterocycles. The monoisotopic (exact) mass is 262 g/mol. The number of nitrogens with zero attached hydrogens (tertiary/aromatic N) is 2. The first kappa shape index (κ1) is 12.4. The van der Waals surface area contributed by atoms with Crippen LogP contribution in [0.4, 0.5) is 5.69 Å². The molecule has 0 amide bonds. The average Bonchev–Trinajstić information content (AvgIpc) is 3.11. The van der Waals surface area contributed by atoms with Crippen molar-refractivity contribution in [2.24, 2.45) is 0 Å². The van der Waals surface area contributed by atoms with Crippen LogP contribution in [0.2, 0.25) is 0 Å². The summed E-state index contributed by atoms with van der Waals surface area (Å²) < 4.78 is 5.70. The first-order valence-electron chi connectivity index (χ1n) is 6.68. The molecule has 0 radical (unpaired) electrons. The number of likely N-dealkylation sites (tertiary alicyclic amines) is 1. The van der Waals surface area contributed by atoms with Gasteiger partial charge in [0.2, 0.25) is 0 Å². The zero-order chi connectivity index (χ0) is 13.6. The number of aryl methyl sites for hydroxylation is 1. The number of nitro benzene ring substituents is 1. The molecule has 2 fully saturated rings. The van der Waals surface area contributed by atoms with Gasteiger partial charge in [0.25, 0.3) is 0 Å². The Morgan fingerprint density at radius 3 is 2.58 bits per heavy atom. The van der Waals surface area contributed by atoms with E-state index in [9.17, 15) is 10.1 Å². The van der Waals surface area contributed by atoms with Crippen molar-refractivity contribution in [2.45, 2.75) is 31.8 Å². The Kier molecular flexibility index (Phi) is 2.93. The minimum atomic E-state index is -0.346. The molecule has 0 unspecified atom stereocenters. The van der Waals surface area contributed by atoms with Crippen molar-refractivity contribution in [3.8, 4) is 5.75 Å². The van der Waals surface area contributed by atoms with Crippen LogP contribution in [0.1, 0.15) is 29.9 Å². The smallest absolute Gasteiger partial charge is 0.311 e. The number of benzene rings is 1. The van der Waals surface area contributed by atoms with Gasteiger partial charge in [0, 0.05) is 25.1 Å². The number of ether oxygens (including phenoxy) is 1. The summed E-state index contributed by atoms with van der Waals surface area (Å²) in [6.07, 6.45) is 2.19. The van der Waals surface area contributed by atoms with E-state index in [-0.39, 0.29) is 16.7 Å². The molecule has 0 atom stereocenters. The Morgan fingerprint density at radius 2 is 2.05 bits per heavy atom. The second kappa shape index (κ2) is 4.49. The van der Waals surface area contributed by atoms with E-state index in [2.05, 4.69) is 11.9 Å². The lowest BCUT2D eigenvalue weighted by molar-refractivity contribution is -0.386. The van der Waals surface area contributed by atoms with Crippen LogP contribution in [-0.2, 0) is 0 Å². The van der Waals surface area contributed by atoms with Crippen molar-refractivity contribution < 1.29 is 9.66 Å². The van der Waals surface area contributed by atoms with Gasteiger partial charge >= 0.3 is 5.69 Å². The molecule has 1 aromatic carbocycles. The molecule has 0 aromatic heterocycles. The van der Waals surface area contributed by atoms with E-state index in [0.717, 1.165) is 31.5 Å². The Balaban J connectivity index is 1.93. The van der Waals surface area contributed by atoms with Crippen LogP contribution in [0.3, 0.4) is 0 Å². The van der Waals surface area contributed by atoms with Crippen molar-refractivity contribution in [1.82, 2.24) is 4.90 Å². The van der Waals surface area contributed by atoms with E-state index in [4.69, 9.17) is 4.74 Å². The summed E-state index contributed by atoms with van der Waals surface area (Å²) in [5.74, 6) is 0.926. The van der Waals surface area contributed by atoms with Crippen molar-refractivity contribution >= 4 is 5.69 Å². The van der Waals surface area contributed by atoms with Crippen LogP contribution in [0.5, 0.6) is 5.75 Å². The summed E-state index contributed by atoms with van der Waals surface area (Å²) in [5.41, 5.74) is 2.29. The largest absolute Gasteiger partial charge is 0.483 e. The van der Waals surface area contributed by atoms with E-state index in [0.29, 0.717) is 11.7 Å². The molecule has 1 heterocycles. The van der Waals surface area contributed by atoms with Crippen LogP contribution in [0, 0.1) is 17.0 Å². The molecule has 19 heavy (non-hydrogen) atoms. The highest BCUT2D eigenvalue weighted by atomic mass is 16.6. The van der Waals surface area contributed by atoms with Crippen LogP contribution in [0.15, 0.2) is 12.1 Å². The van der Waals surface area contributed by atoms with Crippen LogP contribution < -0.4 is 4.74 Å². The van der Waals surface area contributed by atoms with Gasteiger partial charge in [-0.2, -0.15) is 0 Å². The summed E-state index contributed by atoms with van der Waals surface area (Å²) in [4.78, 5) is 13.0. The van der Waals surface area contributed by atoms with Crippen molar-refractivity contribution in [2.75, 3.05) is 20.1 Å². The maximum atomic E-state index is 11.1.